The van der Waals surface area contributed by atoms with Gasteiger partial charge >= 0.3 is 11.9 Å². The topological polar surface area (TPSA) is 89.6 Å². The predicted octanol–water partition coefficient (Wildman–Crippen LogP) is 2.88. The van der Waals surface area contributed by atoms with Crippen LogP contribution in [-0.4, -0.2) is 41.2 Å². The molecule has 2 aromatic rings. The van der Waals surface area contributed by atoms with E-state index in [4.69, 9.17) is 10.5 Å². The first-order valence-electron chi connectivity index (χ1n) is 8.35. The van der Waals surface area contributed by atoms with Crippen LogP contribution in [0.1, 0.15) is 23.5 Å². The van der Waals surface area contributed by atoms with E-state index in [-0.39, 0.29) is 18.9 Å². The van der Waals surface area contributed by atoms with Gasteiger partial charge in [0.1, 0.15) is 6.61 Å². The number of carboxylic acids is 1. The Morgan fingerprint density at radius 2 is 1.65 bits per heavy atom. The van der Waals surface area contributed by atoms with Crippen molar-refractivity contribution in [2.75, 3.05) is 18.6 Å². The zero-order valence-corrected chi connectivity index (χ0v) is 15.3. The highest BCUT2D eigenvalue weighted by Crippen LogP contribution is 2.44. The summed E-state index contributed by atoms with van der Waals surface area (Å²) in [6.45, 7) is 0.0678. The second-order valence-corrected chi connectivity index (χ2v) is 7.33. The van der Waals surface area contributed by atoms with Crippen LogP contribution in [0.5, 0.6) is 0 Å². The van der Waals surface area contributed by atoms with Gasteiger partial charge in [0.2, 0.25) is 5.54 Å². The average Bonchev–Trinajstić information content (AvgIpc) is 2.98. The molecule has 0 unspecified atom stereocenters. The summed E-state index contributed by atoms with van der Waals surface area (Å²) in [4.78, 5) is 24.0. The highest BCUT2D eigenvalue weighted by Gasteiger charge is 2.44. The monoisotopic (exact) mass is 371 g/mol. The van der Waals surface area contributed by atoms with Gasteiger partial charge in [0.15, 0.2) is 0 Å². The maximum absolute atomic E-state index is 12.5. The van der Waals surface area contributed by atoms with E-state index in [1.165, 1.54) is 11.8 Å². The Balaban J connectivity index is 1.81. The Kier molecular flexibility index (Phi) is 5.34. The first kappa shape index (κ1) is 18.5. The molecule has 1 aliphatic rings. The molecular weight excluding hydrogens is 350 g/mol. The molecule has 0 amide bonds. The first-order valence-corrected chi connectivity index (χ1v) is 9.75. The van der Waals surface area contributed by atoms with Crippen molar-refractivity contribution in [1.29, 1.82) is 0 Å². The molecule has 3 N–H and O–H groups in total. The molecule has 0 saturated carbocycles. The third kappa shape index (κ3) is 3.22. The van der Waals surface area contributed by atoms with Gasteiger partial charge in [-0.3, -0.25) is 0 Å². The standard InChI is InChI=1S/C20H21NO4S/c1-26-11-10-20(21,18(22)23)19(24)25-12-17-15-8-4-2-6-13(15)14-7-3-5-9-16(14)17/h2-9,17H,10-12,21H2,1H3,(H,22,23)/t20-/m0/s1. The third-order valence-electron chi connectivity index (χ3n) is 4.79. The molecule has 5 nitrogen and oxygen atoms in total. The molecule has 0 aromatic heterocycles. The van der Waals surface area contributed by atoms with Crippen LogP contribution >= 0.6 is 11.8 Å². The third-order valence-corrected chi connectivity index (χ3v) is 5.40. The number of hydrogen-bond donors (Lipinski definition) is 2. The van der Waals surface area contributed by atoms with E-state index < -0.39 is 17.5 Å². The summed E-state index contributed by atoms with van der Waals surface area (Å²) >= 11 is 1.44. The van der Waals surface area contributed by atoms with Gasteiger partial charge in [0.05, 0.1) is 0 Å². The van der Waals surface area contributed by atoms with Crippen LogP contribution in [0.3, 0.4) is 0 Å². The first-order chi connectivity index (χ1) is 12.5. The Morgan fingerprint density at radius 1 is 1.12 bits per heavy atom. The van der Waals surface area contributed by atoms with Crippen molar-refractivity contribution in [3.8, 4) is 11.1 Å². The van der Waals surface area contributed by atoms with Crippen molar-refractivity contribution in [2.24, 2.45) is 5.73 Å². The average molecular weight is 371 g/mol. The molecule has 2 aromatic carbocycles. The molecule has 0 fully saturated rings. The van der Waals surface area contributed by atoms with Crippen LogP contribution in [0.15, 0.2) is 48.5 Å². The zero-order chi connectivity index (χ0) is 18.7. The smallest absolute Gasteiger partial charge is 0.337 e. The summed E-state index contributed by atoms with van der Waals surface area (Å²) in [5.74, 6) is -1.90. The quantitative estimate of drug-likeness (QED) is 0.575. The second-order valence-electron chi connectivity index (χ2n) is 6.34. The normalized spacial score (nSPS) is 15.0. The van der Waals surface area contributed by atoms with Crippen LogP contribution in [0, 0.1) is 0 Å². The van der Waals surface area contributed by atoms with E-state index in [0.717, 1.165) is 22.3 Å². The number of hydrogen-bond acceptors (Lipinski definition) is 5. The number of aliphatic carboxylic acids is 1. The minimum Gasteiger partial charge on any atom is -0.479 e. The van der Waals surface area contributed by atoms with Gasteiger partial charge < -0.3 is 15.6 Å². The van der Waals surface area contributed by atoms with Gasteiger partial charge in [-0.05, 0) is 40.7 Å². The summed E-state index contributed by atoms with van der Waals surface area (Å²) in [5.41, 5.74) is 8.22. The van der Waals surface area contributed by atoms with E-state index >= 15 is 0 Å². The Bertz CT molecular complexity index is 793. The molecule has 0 spiro atoms. The van der Waals surface area contributed by atoms with E-state index in [1.54, 1.807) is 0 Å². The number of fused-ring (bicyclic) bond motifs is 3. The van der Waals surface area contributed by atoms with Crippen molar-refractivity contribution in [3.63, 3.8) is 0 Å². The highest BCUT2D eigenvalue weighted by atomic mass is 32.2. The number of ether oxygens (including phenoxy) is 1. The highest BCUT2D eigenvalue weighted by molar-refractivity contribution is 7.98. The molecule has 0 bridgehead atoms. The molecule has 136 valence electrons. The van der Waals surface area contributed by atoms with E-state index in [2.05, 4.69) is 0 Å². The van der Waals surface area contributed by atoms with E-state index in [1.807, 2.05) is 54.8 Å². The summed E-state index contributed by atoms with van der Waals surface area (Å²) in [6, 6.07) is 15.9. The number of carbonyl (C=O) groups is 2. The lowest BCUT2D eigenvalue weighted by atomic mass is 9.96. The van der Waals surface area contributed by atoms with Gasteiger partial charge in [0.25, 0.3) is 0 Å². The zero-order valence-electron chi connectivity index (χ0n) is 14.5. The van der Waals surface area contributed by atoms with Crippen molar-refractivity contribution >= 4 is 23.7 Å². The molecule has 0 aliphatic heterocycles. The number of benzene rings is 2. The largest absolute Gasteiger partial charge is 0.479 e. The van der Waals surface area contributed by atoms with Gasteiger partial charge in [-0.2, -0.15) is 11.8 Å². The Hall–Kier alpha value is -2.31. The second kappa shape index (κ2) is 7.51. The van der Waals surface area contributed by atoms with Crippen LogP contribution in [-0.2, 0) is 14.3 Å². The maximum Gasteiger partial charge on any atom is 0.337 e. The molecule has 0 radical (unpaired) electrons. The molecule has 6 heteroatoms. The molecular formula is C20H21NO4S. The van der Waals surface area contributed by atoms with Crippen LogP contribution < -0.4 is 5.73 Å². The van der Waals surface area contributed by atoms with Gasteiger partial charge in [-0.25, -0.2) is 9.59 Å². The number of rotatable bonds is 7. The summed E-state index contributed by atoms with van der Waals surface area (Å²) in [5, 5.41) is 9.40. The van der Waals surface area contributed by atoms with Gasteiger partial charge in [-0.15, -0.1) is 0 Å². The van der Waals surface area contributed by atoms with Gasteiger partial charge in [0, 0.05) is 5.92 Å². The summed E-state index contributed by atoms with van der Waals surface area (Å²) in [6.07, 6.45) is 1.86. The fourth-order valence-electron chi connectivity index (χ4n) is 3.29. The Labute approximate surface area is 156 Å². The van der Waals surface area contributed by atoms with Crippen molar-refractivity contribution < 1.29 is 19.4 Å². The number of esters is 1. The van der Waals surface area contributed by atoms with Crippen molar-refractivity contribution in [1.82, 2.24) is 0 Å². The predicted molar refractivity (Wildman–Crippen MR) is 102 cm³/mol. The fourth-order valence-corrected chi connectivity index (χ4v) is 3.81. The van der Waals surface area contributed by atoms with Crippen LogP contribution in [0.25, 0.3) is 11.1 Å². The minimum absolute atomic E-state index is 0.0280. The SMILES string of the molecule is CSCC[C@](N)(C(=O)O)C(=O)OCC1c2ccccc2-c2ccccc21. The van der Waals surface area contributed by atoms with E-state index in [9.17, 15) is 14.7 Å². The molecule has 1 atom stereocenters. The molecule has 26 heavy (non-hydrogen) atoms. The molecule has 1 aliphatic carbocycles. The lowest BCUT2D eigenvalue weighted by Gasteiger charge is -2.23. The molecule has 0 saturated heterocycles. The van der Waals surface area contributed by atoms with Gasteiger partial charge in [-0.1, -0.05) is 48.5 Å². The minimum atomic E-state index is -2.01. The van der Waals surface area contributed by atoms with Crippen LogP contribution in [0.2, 0.25) is 0 Å². The Morgan fingerprint density at radius 3 is 2.15 bits per heavy atom. The fraction of sp³-hybridized carbons (Fsp3) is 0.300. The summed E-state index contributed by atoms with van der Waals surface area (Å²) < 4.78 is 5.41. The van der Waals surface area contributed by atoms with Crippen LogP contribution in [0.4, 0.5) is 0 Å². The number of nitrogens with two attached hydrogens (primary N) is 1. The summed E-state index contributed by atoms with van der Waals surface area (Å²) in [7, 11) is 0. The van der Waals surface area contributed by atoms with E-state index in [0.29, 0.717) is 5.75 Å². The number of thioether (sulfide) groups is 1. The number of carboxylic acid groups (broad SMARTS) is 1. The van der Waals surface area contributed by atoms with Crippen molar-refractivity contribution in [2.45, 2.75) is 17.9 Å². The number of carbonyl (C=O) groups excluding carboxylic acids is 1. The lowest BCUT2D eigenvalue weighted by molar-refractivity contribution is -0.161. The maximum atomic E-state index is 12.5. The van der Waals surface area contributed by atoms with Crippen molar-refractivity contribution in [3.05, 3.63) is 59.7 Å². The lowest BCUT2D eigenvalue weighted by Crippen LogP contribution is -2.56. The molecule has 3 rings (SSSR count). The molecule has 0 heterocycles.